The molecule has 0 saturated heterocycles. The first-order valence-corrected chi connectivity index (χ1v) is 3.84. The van der Waals surface area contributed by atoms with E-state index in [1.54, 1.807) is 0 Å². The maximum Gasteiger partial charge on any atom is 0.0308 e. The van der Waals surface area contributed by atoms with Gasteiger partial charge in [0.2, 0.25) is 0 Å². The van der Waals surface area contributed by atoms with Gasteiger partial charge in [-0.25, -0.2) is 0 Å². The highest BCUT2D eigenvalue weighted by molar-refractivity contribution is 4.89. The smallest absolute Gasteiger partial charge is 0.0308 e. The fourth-order valence-corrected chi connectivity index (χ4v) is 1.31. The Labute approximate surface area is 61.5 Å². The Kier molecular flexibility index (Phi) is 1.23. The lowest BCUT2D eigenvalue weighted by Gasteiger charge is -2.04. The molecule has 0 aliphatic heterocycles. The summed E-state index contributed by atoms with van der Waals surface area (Å²) in [6.45, 7) is 8.19. The lowest BCUT2D eigenvalue weighted by molar-refractivity contribution is 0.448. The van der Waals surface area contributed by atoms with Crippen molar-refractivity contribution < 1.29 is 2.74 Å². The first kappa shape index (κ1) is 4.76. The molecule has 0 heteroatoms. The fraction of sp³-hybridized carbons (Fsp3) is 1.00. The number of rotatable bonds is 2. The molecule has 54 valence electrons. The molecule has 0 radical (unpaired) electrons. The van der Waals surface area contributed by atoms with Gasteiger partial charge in [0.15, 0.2) is 0 Å². The van der Waals surface area contributed by atoms with Crippen LogP contribution >= 0.6 is 0 Å². The Morgan fingerprint density at radius 3 is 1.56 bits per heavy atom. The standard InChI is InChI=1S/C9H18/c1-6(2)8-5-9(8)7(3)4/h6-9H,5H2,1-4H3/i8D,9D. The monoisotopic (exact) mass is 128 g/mol. The Bertz CT molecular complexity index is 147. The number of hydrogen-bond donors (Lipinski definition) is 0. The van der Waals surface area contributed by atoms with Crippen LogP contribution in [0.5, 0.6) is 0 Å². The minimum absolute atomic E-state index is 0.322. The molecule has 0 amide bonds. The zero-order valence-corrected chi connectivity index (χ0v) is 6.86. The second kappa shape index (κ2) is 2.32. The third kappa shape index (κ3) is 1.47. The van der Waals surface area contributed by atoms with Crippen molar-refractivity contribution in [1.29, 1.82) is 0 Å². The molecule has 9 heavy (non-hydrogen) atoms. The summed E-state index contributed by atoms with van der Waals surface area (Å²) in [4.78, 5) is 0. The SMILES string of the molecule is [2H]C1(C(C)C)CC1([2H])C(C)C. The number of hydrogen-bond acceptors (Lipinski definition) is 0. The largest absolute Gasteiger partial charge is 0.0625 e. The Balaban J connectivity index is 2.71. The Morgan fingerprint density at radius 1 is 1.11 bits per heavy atom. The van der Waals surface area contributed by atoms with Gasteiger partial charge in [-0.2, -0.15) is 0 Å². The minimum Gasteiger partial charge on any atom is -0.0625 e. The van der Waals surface area contributed by atoms with Crippen molar-refractivity contribution in [3.63, 3.8) is 0 Å². The second-order valence-corrected chi connectivity index (χ2v) is 3.54. The highest BCUT2D eigenvalue weighted by Crippen LogP contribution is 2.48. The Hall–Kier alpha value is 0. The summed E-state index contributed by atoms with van der Waals surface area (Å²) < 4.78 is 16.0. The molecule has 1 aliphatic rings. The van der Waals surface area contributed by atoms with Crippen molar-refractivity contribution >= 4 is 0 Å². The summed E-state index contributed by atoms with van der Waals surface area (Å²) in [5.41, 5.74) is 0. The van der Waals surface area contributed by atoms with Crippen LogP contribution in [0, 0.1) is 23.6 Å². The molecule has 1 fully saturated rings. The van der Waals surface area contributed by atoms with Crippen LogP contribution in [-0.2, 0) is 0 Å². The molecule has 0 bridgehead atoms. The van der Waals surface area contributed by atoms with Crippen molar-refractivity contribution in [1.82, 2.24) is 0 Å². The van der Waals surface area contributed by atoms with Crippen molar-refractivity contribution in [3.8, 4) is 0 Å². The van der Waals surface area contributed by atoms with E-state index in [1.807, 2.05) is 27.7 Å². The Morgan fingerprint density at radius 2 is 1.44 bits per heavy atom. The topological polar surface area (TPSA) is 0 Å². The molecule has 1 aliphatic carbocycles. The quantitative estimate of drug-likeness (QED) is 0.536. The summed E-state index contributed by atoms with van der Waals surface area (Å²) in [5.74, 6) is -0.271. The summed E-state index contributed by atoms with van der Waals surface area (Å²) >= 11 is 0. The molecular formula is C9H18. The van der Waals surface area contributed by atoms with E-state index in [-0.39, 0.29) is 0 Å². The van der Waals surface area contributed by atoms with Crippen LogP contribution < -0.4 is 0 Å². The molecule has 0 aromatic heterocycles. The summed E-state index contributed by atoms with van der Waals surface area (Å²) in [7, 11) is 0. The molecule has 1 saturated carbocycles. The van der Waals surface area contributed by atoms with Gasteiger partial charge < -0.3 is 0 Å². The van der Waals surface area contributed by atoms with E-state index < -0.39 is 11.8 Å². The molecule has 0 aromatic carbocycles. The second-order valence-electron chi connectivity index (χ2n) is 3.54. The van der Waals surface area contributed by atoms with Crippen LogP contribution in [0.15, 0.2) is 0 Å². The van der Waals surface area contributed by atoms with Gasteiger partial charge in [-0.05, 0) is 30.0 Å². The van der Waals surface area contributed by atoms with E-state index >= 15 is 0 Å². The lowest BCUT2D eigenvalue weighted by Crippen LogP contribution is -1.97. The van der Waals surface area contributed by atoms with Crippen LogP contribution in [0.1, 0.15) is 36.9 Å². The van der Waals surface area contributed by atoms with Crippen LogP contribution in [0.2, 0.25) is 0 Å². The minimum atomic E-state index is -0.457. The first-order chi connectivity index (χ1) is 4.84. The van der Waals surface area contributed by atoms with Gasteiger partial charge in [0.25, 0.3) is 0 Å². The molecular weight excluding hydrogens is 108 g/mol. The third-order valence-corrected chi connectivity index (χ3v) is 2.06. The molecule has 2 atom stereocenters. The van der Waals surface area contributed by atoms with Gasteiger partial charge in [-0.15, -0.1) is 0 Å². The van der Waals surface area contributed by atoms with E-state index in [0.29, 0.717) is 11.8 Å². The molecule has 2 unspecified atom stereocenters. The third-order valence-electron chi connectivity index (χ3n) is 2.06. The van der Waals surface area contributed by atoms with Crippen LogP contribution in [-0.4, -0.2) is 0 Å². The zero-order valence-electron chi connectivity index (χ0n) is 8.86. The van der Waals surface area contributed by atoms with Gasteiger partial charge >= 0.3 is 0 Å². The van der Waals surface area contributed by atoms with Gasteiger partial charge in [0, 0.05) is 2.74 Å². The first-order valence-electron chi connectivity index (χ1n) is 4.84. The molecule has 0 nitrogen and oxygen atoms in total. The maximum atomic E-state index is 7.99. The summed E-state index contributed by atoms with van der Waals surface area (Å²) in [6, 6.07) is 0. The van der Waals surface area contributed by atoms with Crippen molar-refractivity contribution in [2.75, 3.05) is 0 Å². The normalized spacial score (nSPS) is 53.6. The average Bonchev–Trinajstić information content (AvgIpc) is 2.39. The van der Waals surface area contributed by atoms with E-state index in [9.17, 15) is 0 Å². The maximum absolute atomic E-state index is 7.99. The fourth-order valence-electron chi connectivity index (χ4n) is 1.31. The van der Waals surface area contributed by atoms with E-state index in [0.717, 1.165) is 6.42 Å². The van der Waals surface area contributed by atoms with Crippen molar-refractivity contribution in [3.05, 3.63) is 0 Å². The van der Waals surface area contributed by atoms with E-state index in [1.165, 1.54) is 0 Å². The highest BCUT2D eigenvalue weighted by Gasteiger charge is 2.40. The predicted molar refractivity (Wildman–Crippen MR) is 41.3 cm³/mol. The molecule has 1 rings (SSSR count). The van der Waals surface area contributed by atoms with Gasteiger partial charge in [-0.3, -0.25) is 0 Å². The molecule has 0 N–H and O–H groups in total. The van der Waals surface area contributed by atoms with Gasteiger partial charge in [0.1, 0.15) is 0 Å². The van der Waals surface area contributed by atoms with Gasteiger partial charge in [-0.1, -0.05) is 27.7 Å². The van der Waals surface area contributed by atoms with E-state index in [4.69, 9.17) is 2.74 Å². The zero-order chi connectivity index (χ0) is 8.86. The predicted octanol–water partition coefficient (Wildman–Crippen LogP) is 2.93. The lowest BCUT2D eigenvalue weighted by atomic mass is 10.0. The average molecular weight is 128 g/mol. The van der Waals surface area contributed by atoms with Crippen molar-refractivity contribution in [2.45, 2.75) is 34.1 Å². The highest BCUT2D eigenvalue weighted by atomic mass is 14.5. The molecule has 0 spiro atoms. The van der Waals surface area contributed by atoms with Crippen LogP contribution in [0.25, 0.3) is 0 Å². The van der Waals surface area contributed by atoms with E-state index in [2.05, 4.69) is 0 Å². The summed E-state index contributed by atoms with van der Waals surface area (Å²) in [6.07, 6.45) is 0.759. The summed E-state index contributed by atoms with van der Waals surface area (Å²) in [5, 5.41) is 0. The molecule has 0 aromatic rings. The van der Waals surface area contributed by atoms with Crippen LogP contribution in [0.4, 0.5) is 0 Å². The van der Waals surface area contributed by atoms with Crippen molar-refractivity contribution in [2.24, 2.45) is 23.6 Å². The van der Waals surface area contributed by atoms with Crippen LogP contribution in [0.3, 0.4) is 0 Å². The van der Waals surface area contributed by atoms with Gasteiger partial charge in [0.05, 0.1) is 0 Å². The molecule has 0 heterocycles.